The van der Waals surface area contributed by atoms with Gasteiger partial charge in [0.25, 0.3) is 11.5 Å². The summed E-state index contributed by atoms with van der Waals surface area (Å²) in [6.45, 7) is 3.31. The van der Waals surface area contributed by atoms with E-state index < -0.39 is 0 Å². The fraction of sp³-hybridized carbons (Fsp3) is 0.182. The first-order valence-corrected chi connectivity index (χ1v) is 14.2. The molecule has 4 aromatic carbocycles. The Morgan fingerprint density at radius 1 is 0.950 bits per heavy atom. The third-order valence-electron chi connectivity index (χ3n) is 7.27. The van der Waals surface area contributed by atoms with Gasteiger partial charge in [-0.25, -0.2) is 4.98 Å². The minimum absolute atomic E-state index is 0.0517. The molecule has 1 amide bonds. The number of aromatic nitrogens is 2. The molecule has 1 aliphatic heterocycles. The van der Waals surface area contributed by atoms with Gasteiger partial charge < -0.3 is 9.64 Å². The summed E-state index contributed by atoms with van der Waals surface area (Å²) in [7, 11) is 1.60. The van der Waals surface area contributed by atoms with E-state index in [0.717, 1.165) is 12.0 Å². The summed E-state index contributed by atoms with van der Waals surface area (Å²) in [5.41, 5.74) is 6.33. The molecule has 1 aromatic heterocycles. The molecule has 1 aliphatic rings. The van der Waals surface area contributed by atoms with E-state index in [-0.39, 0.29) is 11.5 Å². The van der Waals surface area contributed by atoms with Crippen LogP contribution in [0, 0.1) is 6.92 Å². The second kappa shape index (κ2) is 11.0. The minimum atomic E-state index is -0.184. The molecule has 0 bridgehead atoms. The van der Waals surface area contributed by atoms with Crippen LogP contribution in [0.25, 0.3) is 16.6 Å². The van der Waals surface area contributed by atoms with E-state index in [1.807, 2.05) is 47.4 Å². The maximum absolute atomic E-state index is 13.9. The quantitative estimate of drug-likeness (QED) is 0.187. The lowest BCUT2D eigenvalue weighted by molar-refractivity contribution is 0.0735. The van der Waals surface area contributed by atoms with Gasteiger partial charge in [0.05, 0.1) is 23.7 Å². The first-order chi connectivity index (χ1) is 19.5. The van der Waals surface area contributed by atoms with E-state index in [4.69, 9.17) is 9.72 Å². The lowest BCUT2D eigenvalue weighted by Crippen LogP contribution is -2.36. The third kappa shape index (κ3) is 5.12. The van der Waals surface area contributed by atoms with Crippen molar-refractivity contribution in [1.82, 2.24) is 14.5 Å². The summed E-state index contributed by atoms with van der Waals surface area (Å²) in [5.74, 6) is 1.25. The highest BCUT2D eigenvalue weighted by Crippen LogP contribution is 2.27. The number of aryl methyl sites for hydroxylation is 1. The second-order valence-corrected chi connectivity index (χ2v) is 10.9. The Balaban J connectivity index is 1.40. The van der Waals surface area contributed by atoms with Gasteiger partial charge in [0.1, 0.15) is 5.75 Å². The Kier molecular flexibility index (Phi) is 7.13. The number of benzene rings is 4. The number of ether oxygens (including phenoxy) is 1. The van der Waals surface area contributed by atoms with Crippen LogP contribution in [0.2, 0.25) is 0 Å². The lowest BCUT2D eigenvalue weighted by Gasteiger charge is -2.29. The van der Waals surface area contributed by atoms with E-state index in [9.17, 15) is 9.59 Å². The highest BCUT2D eigenvalue weighted by molar-refractivity contribution is 7.98. The van der Waals surface area contributed by atoms with Gasteiger partial charge in [-0.15, -0.1) is 0 Å². The zero-order valence-electron chi connectivity index (χ0n) is 22.5. The number of thioether (sulfide) groups is 1. The number of nitrogens with zero attached hydrogens (tertiary/aromatic N) is 3. The molecule has 5 aromatic rings. The minimum Gasteiger partial charge on any atom is -0.497 e. The summed E-state index contributed by atoms with van der Waals surface area (Å²) in [6, 6.07) is 29.2. The van der Waals surface area contributed by atoms with Crippen LogP contribution in [-0.2, 0) is 18.7 Å². The molecule has 6 rings (SSSR count). The second-order valence-electron chi connectivity index (χ2n) is 9.99. The van der Waals surface area contributed by atoms with Gasteiger partial charge in [0.15, 0.2) is 5.16 Å². The van der Waals surface area contributed by atoms with Crippen molar-refractivity contribution in [2.45, 2.75) is 30.8 Å². The highest BCUT2D eigenvalue weighted by atomic mass is 32.2. The molecule has 0 spiro atoms. The van der Waals surface area contributed by atoms with Crippen molar-refractivity contribution in [2.24, 2.45) is 0 Å². The van der Waals surface area contributed by atoms with Crippen LogP contribution < -0.4 is 10.3 Å². The Bertz CT molecular complexity index is 1800. The summed E-state index contributed by atoms with van der Waals surface area (Å²) in [4.78, 5) is 34.2. The van der Waals surface area contributed by atoms with E-state index in [0.29, 0.717) is 51.9 Å². The first-order valence-electron chi connectivity index (χ1n) is 13.3. The van der Waals surface area contributed by atoms with Gasteiger partial charge in [-0.3, -0.25) is 14.2 Å². The van der Waals surface area contributed by atoms with E-state index >= 15 is 0 Å². The van der Waals surface area contributed by atoms with Gasteiger partial charge in [-0.05, 0) is 60.4 Å². The van der Waals surface area contributed by atoms with Crippen molar-refractivity contribution in [2.75, 3.05) is 13.7 Å². The van der Waals surface area contributed by atoms with Crippen molar-refractivity contribution in [3.05, 3.63) is 129 Å². The molecule has 0 atom stereocenters. The van der Waals surface area contributed by atoms with Crippen molar-refractivity contribution in [1.29, 1.82) is 0 Å². The van der Waals surface area contributed by atoms with Crippen molar-refractivity contribution >= 4 is 28.6 Å². The number of amides is 1. The zero-order chi connectivity index (χ0) is 27.6. The Morgan fingerprint density at radius 2 is 1.77 bits per heavy atom. The number of hydrogen-bond donors (Lipinski definition) is 0. The zero-order valence-corrected chi connectivity index (χ0v) is 23.3. The van der Waals surface area contributed by atoms with E-state index in [1.54, 1.807) is 29.9 Å². The lowest BCUT2D eigenvalue weighted by atomic mass is 9.99. The van der Waals surface area contributed by atoms with Crippen LogP contribution in [0.4, 0.5) is 0 Å². The monoisotopic (exact) mass is 547 g/mol. The third-order valence-corrected chi connectivity index (χ3v) is 8.28. The average Bonchev–Trinajstić information content (AvgIpc) is 2.99. The average molecular weight is 548 g/mol. The molecule has 6 nitrogen and oxygen atoms in total. The van der Waals surface area contributed by atoms with Gasteiger partial charge in [-0.2, -0.15) is 0 Å². The van der Waals surface area contributed by atoms with Crippen molar-refractivity contribution < 1.29 is 9.53 Å². The standard InChI is InChI=1S/C33H29N3O3S/c1-22-7-5-8-23(17-22)21-40-33-34-30-18-25(31(37)35-16-15-24-9-3-4-10-26(24)20-35)13-14-29(30)32(38)36(33)27-11-6-12-28(19-27)39-2/h3-14,17-19H,15-16,20-21H2,1-2H3. The molecule has 0 aliphatic carbocycles. The van der Waals surface area contributed by atoms with Crippen LogP contribution in [0.15, 0.2) is 101 Å². The van der Waals surface area contributed by atoms with Crippen LogP contribution >= 0.6 is 11.8 Å². The first kappa shape index (κ1) is 25.9. The van der Waals surface area contributed by atoms with Crippen molar-refractivity contribution in [3.8, 4) is 11.4 Å². The van der Waals surface area contributed by atoms with Gasteiger partial charge in [-0.1, -0.05) is 71.9 Å². The van der Waals surface area contributed by atoms with Crippen molar-refractivity contribution in [3.63, 3.8) is 0 Å². The fourth-order valence-corrected chi connectivity index (χ4v) is 6.13. The van der Waals surface area contributed by atoms with Crippen LogP contribution in [0.1, 0.15) is 32.6 Å². The van der Waals surface area contributed by atoms with Crippen LogP contribution in [0.5, 0.6) is 5.75 Å². The summed E-state index contributed by atoms with van der Waals surface area (Å²) in [5, 5.41) is 1.02. The molecular weight excluding hydrogens is 518 g/mol. The number of carbonyl (C=O) groups excluding carboxylic acids is 1. The number of carbonyl (C=O) groups is 1. The number of fused-ring (bicyclic) bond motifs is 2. The molecule has 0 unspecified atom stereocenters. The fourth-order valence-electron chi connectivity index (χ4n) is 5.17. The van der Waals surface area contributed by atoms with E-state index in [1.165, 1.54) is 28.5 Å². The Labute approximate surface area is 237 Å². The SMILES string of the molecule is COc1cccc(-n2c(SCc3cccc(C)c3)nc3cc(C(=O)N4CCc5ccccc5C4)ccc3c2=O)c1. The molecule has 40 heavy (non-hydrogen) atoms. The number of rotatable bonds is 6. The molecule has 0 saturated heterocycles. The topological polar surface area (TPSA) is 64.4 Å². The van der Waals surface area contributed by atoms with Gasteiger partial charge in [0, 0.05) is 30.5 Å². The van der Waals surface area contributed by atoms with E-state index in [2.05, 4.69) is 37.3 Å². The molecule has 7 heteroatoms. The highest BCUT2D eigenvalue weighted by Gasteiger charge is 2.23. The Morgan fingerprint density at radius 3 is 2.60 bits per heavy atom. The number of hydrogen-bond acceptors (Lipinski definition) is 5. The molecule has 2 heterocycles. The predicted molar refractivity (Wildman–Crippen MR) is 160 cm³/mol. The molecule has 0 radical (unpaired) electrons. The summed E-state index contributed by atoms with van der Waals surface area (Å²) < 4.78 is 7.06. The molecule has 0 N–H and O–H groups in total. The number of methoxy groups -OCH3 is 1. The smallest absolute Gasteiger partial charge is 0.266 e. The maximum atomic E-state index is 13.9. The molecule has 0 saturated carbocycles. The summed E-state index contributed by atoms with van der Waals surface area (Å²) >= 11 is 1.50. The van der Waals surface area contributed by atoms with Gasteiger partial charge in [0.2, 0.25) is 0 Å². The normalized spacial score (nSPS) is 12.8. The van der Waals surface area contributed by atoms with Crippen LogP contribution in [0.3, 0.4) is 0 Å². The maximum Gasteiger partial charge on any atom is 0.266 e. The molecule has 0 fully saturated rings. The predicted octanol–water partition coefficient (Wildman–Crippen LogP) is 6.19. The Hall–Kier alpha value is -4.36. The largest absolute Gasteiger partial charge is 0.497 e. The van der Waals surface area contributed by atoms with Crippen LogP contribution in [-0.4, -0.2) is 34.0 Å². The molecule has 200 valence electrons. The summed E-state index contributed by atoms with van der Waals surface area (Å²) in [6.07, 6.45) is 0.832. The molecular formula is C33H29N3O3S. The van der Waals surface area contributed by atoms with Gasteiger partial charge >= 0.3 is 0 Å².